The van der Waals surface area contributed by atoms with E-state index in [-0.39, 0.29) is 18.3 Å². The highest BCUT2D eigenvalue weighted by molar-refractivity contribution is 5.77. The summed E-state index contributed by atoms with van der Waals surface area (Å²) < 4.78 is 5.48. The Hall–Kier alpha value is -3.42. The van der Waals surface area contributed by atoms with Crippen LogP contribution in [0.25, 0.3) is 11.4 Å². The fraction of sp³-hybridized carbons (Fsp3) is 0.222. The fourth-order valence-corrected chi connectivity index (χ4v) is 2.31. The molecule has 2 N–H and O–H groups in total. The smallest absolute Gasteiger partial charge is 0.257 e. The third-order valence-corrected chi connectivity index (χ3v) is 3.66. The van der Waals surface area contributed by atoms with Gasteiger partial charge >= 0.3 is 0 Å². The average Bonchev–Trinajstić information content (AvgIpc) is 3.08. The number of aromatic nitrogens is 4. The topological polar surface area (TPSA) is 102 Å². The Morgan fingerprint density at radius 2 is 1.88 bits per heavy atom. The molecule has 0 aliphatic rings. The molecule has 0 atom stereocenters. The van der Waals surface area contributed by atoms with Crippen molar-refractivity contribution in [3.8, 4) is 22.9 Å². The number of amides is 1. The van der Waals surface area contributed by atoms with E-state index >= 15 is 0 Å². The van der Waals surface area contributed by atoms with Gasteiger partial charge in [0.25, 0.3) is 5.91 Å². The first-order valence-corrected chi connectivity index (χ1v) is 8.12. The SMILES string of the molecule is Cn1nnc(-c2ccc(OCC(=O)NCCc3ccc(O)cc3)cc2)n1. The molecule has 0 unspecified atom stereocenters. The highest BCUT2D eigenvalue weighted by Gasteiger charge is 2.06. The van der Waals surface area contributed by atoms with Gasteiger partial charge in [-0.2, -0.15) is 4.80 Å². The summed E-state index contributed by atoms with van der Waals surface area (Å²) in [5.74, 6) is 1.16. The molecule has 0 fully saturated rings. The van der Waals surface area contributed by atoms with E-state index in [1.807, 2.05) is 24.3 Å². The summed E-state index contributed by atoms with van der Waals surface area (Å²) >= 11 is 0. The van der Waals surface area contributed by atoms with E-state index in [0.717, 1.165) is 11.1 Å². The first-order valence-electron chi connectivity index (χ1n) is 8.12. The van der Waals surface area contributed by atoms with Crippen molar-refractivity contribution in [3.05, 3.63) is 54.1 Å². The second kappa shape index (κ2) is 8.11. The Balaban J connectivity index is 1.42. The Labute approximate surface area is 150 Å². The highest BCUT2D eigenvalue weighted by Crippen LogP contribution is 2.18. The average molecular weight is 353 g/mol. The van der Waals surface area contributed by atoms with E-state index in [4.69, 9.17) is 4.74 Å². The Morgan fingerprint density at radius 3 is 2.54 bits per heavy atom. The zero-order chi connectivity index (χ0) is 18.4. The van der Waals surface area contributed by atoms with E-state index in [1.165, 1.54) is 4.80 Å². The molecule has 0 aliphatic carbocycles. The summed E-state index contributed by atoms with van der Waals surface area (Å²) in [6.45, 7) is 0.447. The molecular formula is C18H19N5O3. The third kappa shape index (κ3) is 4.79. The lowest BCUT2D eigenvalue weighted by molar-refractivity contribution is -0.123. The molecule has 26 heavy (non-hydrogen) atoms. The minimum atomic E-state index is -0.191. The number of carbonyl (C=O) groups excluding carboxylic acids is 1. The molecule has 2 aromatic carbocycles. The van der Waals surface area contributed by atoms with E-state index in [9.17, 15) is 9.90 Å². The van der Waals surface area contributed by atoms with Crippen LogP contribution in [0.2, 0.25) is 0 Å². The molecular weight excluding hydrogens is 334 g/mol. The van der Waals surface area contributed by atoms with Crippen LogP contribution in [0.4, 0.5) is 0 Å². The van der Waals surface area contributed by atoms with Crippen LogP contribution >= 0.6 is 0 Å². The fourth-order valence-electron chi connectivity index (χ4n) is 2.31. The van der Waals surface area contributed by atoms with Crippen molar-refractivity contribution in [2.45, 2.75) is 6.42 Å². The van der Waals surface area contributed by atoms with Gasteiger partial charge in [-0.05, 0) is 53.6 Å². The summed E-state index contributed by atoms with van der Waals surface area (Å²) in [6.07, 6.45) is 0.686. The lowest BCUT2D eigenvalue weighted by Crippen LogP contribution is -2.30. The van der Waals surface area contributed by atoms with Crippen LogP contribution in [0, 0.1) is 0 Å². The summed E-state index contributed by atoms with van der Waals surface area (Å²) in [5.41, 5.74) is 1.86. The van der Waals surface area contributed by atoms with E-state index in [1.54, 1.807) is 31.3 Å². The monoisotopic (exact) mass is 353 g/mol. The number of carbonyl (C=O) groups is 1. The summed E-state index contributed by atoms with van der Waals surface area (Å²) in [6, 6.07) is 14.0. The number of benzene rings is 2. The van der Waals surface area contributed by atoms with Gasteiger partial charge in [0.05, 0.1) is 7.05 Å². The second-order valence-electron chi connectivity index (χ2n) is 5.68. The first-order chi connectivity index (χ1) is 12.6. The molecule has 0 bridgehead atoms. The minimum Gasteiger partial charge on any atom is -0.508 e. The zero-order valence-electron chi connectivity index (χ0n) is 14.3. The molecule has 0 aliphatic heterocycles. The standard InChI is InChI=1S/C18H19N5O3/c1-23-21-18(20-22-23)14-4-8-16(9-5-14)26-12-17(25)19-11-10-13-2-6-15(24)7-3-13/h2-9,24H,10-12H2,1H3,(H,19,25). The number of phenolic OH excluding ortho intramolecular Hbond substituents is 1. The number of phenols is 1. The van der Waals surface area contributed by atoms with Gasteiger partial charge in [0.15, 0.2) is 6.61 Å². The number of aryl methyl sites for hydroxylation is 1. The number of ether oxygens (including phenoxy) is 1. The van der Waals surface area contributed by atoms with Gasteiger partial charge < -0.3 is 15.2 Å². The number of tetrazole rings is 1. The minimum absolute atomic E-state index is 0.0572. The van der Waals surface area contributed by atoms with Gasteiger partial charge in [-0.25, -0.2) is 0 Å². The van der Waals surface area contributed by atoms with Crippen LogP contribution < -0.4 is 10.1 Å². The molecule has 8 nitrogen and oxygen atoms in total. The van der Waals surface area contributed by atoms with E-state index in [0.29, 0.717) is 24.5 Å². The molecule has 3 aromatic rings. The van der Waals surface area contributed by atoms with Gasteiger partial charge in [0.1, 0.15) is 11.5 Å². The largest absolute Gasteiger partial charge is 0.508 e. The molecule has 0 saturated carbocycles. The second-order valence-corrected chi connectivity index (χ2v) is 5.68. The number of hydrogen-bond acceptors (Lipinski definition) is 6. The van der Waals surface area contributed by atoms with Gasteiger partial charge in [-0.3, -0.25) is 4.79 Å². The third-order valence-electron chi connectivity index (χ3n) is 3.66. The Bertz CT molecular complexity index is 859. The molecule has 1 heterocycles. The van der Waals surface area contributed by atoms with Crippen LogP contribution in [0.5, 0.6) is 11.5 Å². The highest BCUT2D eigenvalue weighted by atomic mass is 16.5. The number of nitrogens with one attached hydrogen (secondary N) is 1. The summed E-state index contributed by atoms with van der Waals surface area (Å²) in [7, 11) is 1.70. The van der Waals surface area contributed by atoms with Crippen LogP contribution in [-0.4, -0.2) is 44.4 Å². The normalized spacial score (nSPS) is 10.5. The maximum Gasteiger partial charge on any atom is 0.257 e. The van der Waals surface area contributed by atoms with Gasteiger partial charge in [0.2, 0.25) is 5.82 Å². The first kappa shape index (κ1) is 17.4. The maximum absolute atomic E-state index is 11.8. The summed E-state index contributed by atoms with van der Waals surface area (Å²) in [5, 5.41) is 23.9. The van der Waals surface area contributed by atoms with Crippen molar-refractivity contribution < 1.29 is 14.6 Å². The van der Waals surface area contributed by atoms with E-state index < -0.39 is 0 Å². The van der Waals surface area contributed by atoms with Crippen molar-refractivity contribution in [1.29, 1.82) is 0 Å². The van der Waals surface area contributed by atoms with Crippen molar-refractivity contribution in [3.63, 3.8) is 0 Å². The molecule has 0 radical (unpaired) electrons. The van der Waals surface area contributed by atoms with Crippen LogP contribution in [0.3, 0.4) is 0 Å². The van der Waals surface area contributed by atoms with Crippen LogP contribution in [0.1, 0.15) is 5.56 Å². The molecule has 1 amide bonds. The molecule has 0 spiro atoms. The Morgan fingerprint density at radius 1 is 1.15 bits per heavy atom. The molecule has 0 saturated heterocycles. The van der Waals surface area contributed by atoms with Gasteiger partial charge in [0, 0.05) is 12.1 Å². The van der Waals surface area contributed by atoms with Crippen molar-refractivity contribution in [1.82, 2.24) is 25.5 Å². The molecule has 8 heteroatoms. The van der Waals surface area contributed by atoms with Crippen molar-refractivity contribution >= 4 is 5.91 Å². The molecule has 1 aromatic heterocycles. The number of aromatic hydroxyl groups is 1. The quantitative estimate of drug-likeness (QED) is 0.664. The maximum atomic E-state index is 11.8. The predicted octanol–water partition coefficient (Wildman–Crippen LogP) is 1.32. The van der Waals surface area contributed by atoms with Gasteiger partial charge in [-0.15, -0.1) is 10.2 Å². The molecule has 3 rings (SSSR count). The lowest BCUT2D eigenvalue weighted by atomic mass is 10.1. The number of hydrogen-bond donors (Lipinski definition) is 2. The lowest BCUT2D eigenvalue weighted by Gasteiger charge is -2.08. The number of rotatable bonds is 7. The Kier molecular flexibility index (Phi) is 5.43. The van der Waals surface area contributed by atoms with Crippen molar-refractivity contribution in [2.24, 2.45) is 7.05 Å². The van der Waals surface area contributed by atoms with Crippen LogP contribution in [-0.2, 0) is 18.3 Å². The summed E-state index contributed by atoms with van der Waals surface area (Å²) in [4.78, 5) is 13.2. The van der Waals surface area contributed by atoms with Crippen molar-refractivity contribution in [2.75, 3.05) is 13.2 Å². The zero-order valence-corrected chi connectivity index (χ0v) is 14.3. The van der Waals surface area contributed by atoms with Crippen LogP contribution in [0.15, 0.2) is 48.5 Å². The van der Waals surface area contributed by atoms with E-state index in [2.05, 4.69) is 20.7 Å². The predicted molar refractivity (Wildman–Crippen MR) is 94.5 cm³/mol. The molecule has 134 valence electrons. The number of nitrogens with zero attached hydrogens (tertiary/aromatic N) is 4. The van der Waals surface area contributed by atoms with Gasteiger partial charge in [-0.1, -0.05) is 12.1 Å².